The molecule has 0 radical (unpaired) electrons. The summed E-state index contributed by atoms with van der Waals surface area (Å²) in [7, 11) is 0. The van der Waals surface area contributed by atoms with Gasteiger partial charge < -0.3 is 9.94 Å². The summed E-state index contributed by atoms with van der Waals surface area (Å²) in [5.41, 5.74) is 0.529. The first-order chi connectivity index (χ1) is 7.50. The summed E-state index contributed by atoms with van der Waals surface area (Å²) >= 11 is 9.27. The zero-order valence-corrected chi connectivity index (χ0v) is 10.5. The third-order valence-electron chi connectivity index (χ3n) is 2.03. The number of benzene rings is 1. The molecule has 1 N–H and O–H groups in total. The van der Waals surface area contributed by atoms with Crippen molar-refractivity contribution in [1.29, 1.82) is 0 Å². The number of aromatic hydroxyl groups is 1. The Kier molecular flexibility index (Phi) is 2.82. The van der Waals surface area contributed by atoms with Gasteiger partial charge in [0.25, 0.3) is 0 Å². The van der Waals surface area contributed by atoms with E-state index in [-0.39, 0.29) is 5.75 Å². The number of aromatic nitrogens is 1. The van der Waals surface area contributed by atoms with Crippen LogP contribution in [0.2, 0.25) is 5.02 Å². The van der Waals surface area contributed by atoms with Crippen molar-refractivity contribution in [3.05, 3.63) is 27.8 Å². The van der Waals surface area contributed by atoms with Crippen molar-refractivity contribution >= 4 is 44.4 Å². The highest BCUT2D eigenvalue weighted by Gasteiger charge is 2.14. The van der Waals surface area contributed by atoms with Crippen molar-refractivity contribution in [2.75, 3.05) is 0 Å². The van der Waals surface area contributed by atoms with Crippen LogP contribution in [0.3, 0.4) is 0 Å². The molecule has 0 aliphatic heterocycles. The highest BCUT2D eigenvalue weighted by atomic mass is 79.9. The summed E-state index contributed by atoms with van der Waals surface area (Å²) in [6, 6.07) is 3.40. The quantitative estimate of drug-likeness (QED) is 0.881. The molecule has 0 saturated heterocycles. The smallest absolute Gasteiger partial charge is 0.329 e. The van der Waals surface area contributed by atoms with E-state index < -0.39 is 5.97 Å². The lowest BCUT2D eigenvalue weighted by Crippen LogP contribution is -2.14. The Morgan fingerprint density at radius 1 is 1.56 bits per heavy atom. The maximum absolute atomic E-state index is 10.9. The summed E-state index contributed by atoms with van der Waals surface area (Å²) in [6.07, 6.45) is 1.30. The fourth-order valence-electron chi connectivity index (χ4n) is 1.43. The van der Waals surface area contributed by atoms with E-state index in [9.17, 15) is 9.90 Å². The van der Waals surface area contributed by atoms with E-state index in [1.807, 2.05) is 0 Å². The zero-order valence-electron chi connectivity index (χ0n) is 8.20. The van der Waals surface area contributed by atoms with Gasteiger partial charge in [-0.15, -0.1) is 0 Å². The molecule has 1 aromatic heterocycles. The molecule has 2 aromatic rings. The van der Waals surface area contributed by atoms with Gasteiger partial charge in [0, 0.05) is 11.4 Å². The van der Waals surface area contributed by atoms with Gasteiger partial charge in [-0.25, -0.2) is 4.79 Å². The number of carbonyl (C=O) groups is 1. The first kappa shape index (κ1) is 11.3. The summed E-state index contributed by atoms with van der Waals surface area (Å²) < 4.78 is 1.85. The number of hydrogen-bond donors (Lipinski definition) is 1. The molecule has 0 amide bonds. The highest BCUT2D eigenvalue weighted by Crippen LogP contribution is 2.37. The van der Waals surface area contributed by atoms with Crippen LogP contribution >= 0.6 is 27.5 Å². The Labute approximate surface area is 104 Å². The predicted octanol–water partition coefficient (Wildman–Crippen LogP) is 2.74. The molecular formula is C10H7BrClNO3. The molecule has 0 saturated carbocycles. The van der Waals surface area contributed by atoms with Crippen LogP contribution in [0.25, 0.3) is 10.9 Å². The minimum atomic E-state index is -0.476. The SMILES string of the molecule is CC(=O)On1cc(O)c2c(Cl)c(Br)ccc21. The van der Waals surface area contributed by atoms with Crippen LogP contribution in [0.4, 0.5) is 0 Å². The summed E-state index contributed by atoms with van der Waals surface area (Å²) in [5, 5.41) is 10.5. The molecule has 1 heterocycles. The van der Waals surface area contributed by atoms with E-state index in [2.05, 4.69) is 15.9 Å². The average Bonchev–Trinajstić information content (AvgIpc) is 2.49. The number of fused-ring (bicyclic) bond motifs is 1. The van der Waals surface area contributed by atoms with Crippen LogP contribution in [-0.2, 0) is 4.79 Å². The average molecular weight is 305 g/mol. The van der Waals surface area contributed by atoms with E-state index in [1.165, 1.54) is 17.9 Å². The van der Waals surface area contributed by atoms with Crippen molar-refractivity contribution < 1.29 is 14.7 Å². The van der Waals surface area contributed by atoms with E-state index >= 15 is 0 Å². The van der Waals surface area contributed by atoms with Crippen LogP contribution in [0.1, 0.15) is 6.92 Å². The van der Waals surface area contributed by atoms with E-state index in [0.29, 0.717) is 20.4 Å². The highest BCUT2D eigenvalue weighted by molar-refractivity contribution is 9.10. The standard InChI is InChI=1S/C10H7BrClNO3/c1-5(14)16-13-4-8(15)9-7(13)3-2-6(11)10(9)12/h2-4,15H,1H3. The molecular weight excluding hydrogens is 297 g/mol. The molecule has 1 aromatic carbocycles. The predicted molar refractivity (Wildman–Crippen MR) is 63.6 cm³/mol. The Morgan fingerprint density at radius 3 is 2.88 bits per heavy atom. The Balaban J connectivity index is 2.72. The second-order valence-electron chi connectivity index (χ2n) is 3.18. The molecule has 0 aliphatic rings. The van der Waals surface area contributed by atoms with Gasteiger partial charge in [-0.1, -0.05) is 11.6 Å². The number of nitrogens with zero attached hydrogens (tertiary/aromatic N) is 1. The maximum atomic E-state index is 10.9. The number of rotatable bonds is 1. The van der Waals surface area contributed by atoms with Crippen molar-refractivity contribution in [2.24, 2.45) is 0 Å². The van der Waals surface area contributed by atoms with Crippen LogP contribution in [0.15, 0.2) is 22.8 Å². The van der Waals surface area contributed by atoms with Gasteiger partial charge in [0.15, 0.2) is 0 Å². The normalized spacial score (nSPS) is 10.7. The van der Waals surface area contributed by atoms with Gasteiger partial charge in [0.1, 0.15) is 5.75 Å². The van der Waals surface area contributed by atoms with Crippen LogP contribution in [-0.4, -0.2) is 15.8 Å². The zero-order chi connectivity index (χ0) is 11.9. The largest absolute Gasteiger partial charge is 0.506 e. The first-order valence-electron chi connectivity index (χ1n) is 4.37. The summed E-state index contributed by atoms with van der Waals surface area (Å²) in [6.45, 7) is 1.28. The fourth-order valence-corrected chi connectivity index (χ4v) is 2.01. The molecule has 2 rings (SSSR count). The molecule has 6 heteroatoms. The molecule has 0 bridgehead atoms. The molecule has 0 atom stereocenters. The van der Waals surface area contributed by atoms with E-state index in [1.54, 1.807) is 12.1 Å². The lowest BCUT2D eigenvalue weighted by Gasteiger charge is -2.03. The third kappa shape index (κ3) is 1.76. The van der Waals surface area contributed by atoms with Gasteiger partial charge >= 0.3 is 5.97 Å². The second-order valence-corrected chi connectivity index (χ2v) is 4.41. The summed E-state index contributed by atoms with van der Waals surface area (Å²) in [4.78, 5) is 15.7. The Morgan fingerprint density at radius 2 is 2.25 bits per heavy atom. The lowest BCUT2D eigenvalue weighted by molar-refractivity contribution is -0.140. The van der Waals surface area contributed by atoms with Gasteiger partial charge in [-0.2, -0.15) is 4.73 Å². The summed E-state index contributed by atoms with van der Waals surface area (Å²) in [5.74, 6) is -0.515. The minimum absolute atomic E-state index is 0.0393. The fraction of sp³-hybridized carbons (Fsp3) is 0.100. The number of halogens is 2. The second kappa shape index (κ2) is 3.99. The van der Waals surface area contributed by atoms with Crippen molar-refractivity contribution in [3.8, 4) is 5.75 Å². The molecule has 0 spiro atoms. The molecule has 0 aliphatic carbocycles. The van der Waals surface area contributed by atoms with Gasteiger partial charge in [0.05, 0.1) is 22.1 Å². The van der Waals surface area contributed by atoms with Crippen molar-refractivity contribution in [1.82, 2.24) is 4.73 Å². The van der Waals surface area contributed by atoms with Crippen LogP contribution in [0.5, 0.6) is 5.75 Å². The third-order valence-corrected chi connectivity index (χ3v) is 3.31. The molecule has 0 fully saturated rings. The van der Waals surface area contributed by atoms with Crippen molar-refractivity contribution in [2.45, 2.75) is 6.92 Å². The molecule has 0 unspecified atom stereocenters. The van der Waals surface area contributed by atoms with Crippen LogP contribution in [0, 0.1) is 0 Å². The lowest BCUT2D eigenvalue weighted by atomic mass is 10.2. The maximum Gasteiger partial charge on any atom is 0.329 e. The van der Waals surface area contributed by atoms with Crippen molar-refractivity contribution in [3.63, 3.8) is 0 Å². The number of hydrogen-bond acceptors (Lipinski definition) is 3. The minimum Gasteiger partial charge on any atom is -0.506 e. The van der Waals surface area contributed by atoms with E-state index in [0.717, 1.165) is 0 Å². The Bertz CT molecular complexity index is 579. The first-order valence-corrected chi connectivity index (χ1v) is 5.54. The topological polar surface area (TPSA) is 51.5 Å². The van der Waals surface area contributed by atoms with Crippen LogP contribution < -0.4 is 4.84 Å². The number of carbonyl (C=O) groups excluding carboxylic acids is 1. The van der Waals surface area contributed by atoms with Gasteiger partial charge in [0.2, 0.25) is 0 Å². The van der Waals surface area contributed by atoms with Gasteiger partial charge in [-0.3, -0.25) is 0 Å². The molecule has 4 nitrogen and oxygen atoms in total. The molecule has 84 valence electrons. The Hall–Kier alpha value is -1.20. The van der Waals surface area contributed by atoms with E-state index in [4.69, 9.17) is 16.4 Å². The molecule has 16 heavy (non-hydrogen) atoms. The monoisotopic (exact) mass is 303 g/mol. The van der Waals surface area contributed by atoms with Gasteiger partial charge in [-0.05, 0) is 28.1 Å².